The van der Waals surface area contributed by atoms with Crippen molar-refractivity contribution in [3.63, 3.8) is 0 Å². The summed E-state index contributed by atoms with van der Waals surface area (Å²) in [5, 5.41) is 0. The van der Waals surface area contributed by atoms with E-state index in [1.165, 1.54) is 0 Å². The number of hydrogen-bond acceptors (Lipinski definition) is 0. The lowest BCUT2D eigenvalue weighted by molar-refractivity contribution is -0.0250. The van der Waals surface area contributed by atoms with Crippen molar-refractivity contribution in [2.45, 2.75) is 36.4 Å². The molecule has 1 unspecified atom stereocenters. The van der Waals surface area contributed by atoms with Crippen molar-refractivity contribution in [1.29, 1.82) is 0 Å². The molecule has 0 spiro atoms. The van der Waals surface area contributed by atoms with Gasteiger partial charge < -0.3 is 0 Å². The van der Waals surface area contributed by atoms with Gasteiger partial charge in [-0.3, -0.25) is 0 Å². The molecule has 0 saturated heterocycles. The van der Waals surface area contributed by atoms with Gasteiger partial charge in [0.25, 0.3) is 5.92 Å². The van der Waals surface area contributed by atoms with Crippen molar-refractivity contribution in [3.05, 3.63) is 0 Å². The number of alkyl halides is 3. The first-order valence-corrected chi connectivity index (χ1v) is 4.06. The first-order chi connectivity index (χ1) is 4.13. The van der Waals surface area contributed by atoms with E-state index in [1.807, 2.05) is 0 Å². The molecule has 0 nitrogen and oxygen atoms in total. The molecule has 0 bridgehead atoms. The van der Waals surface area contributed by atoms with Crippen LogP contribution in [0.2, 0.25) is 0 Å². The Hall–Kier alpha value is 0.340. The molecule has 54 valence electrons. The number of hydrogen-bond donors (Lipinski definition) is 0. The topological polar surface area (TPSA) is 0 Å². The average Bonchev–Trinajstić information content (AvgIpc) is 1.77. The molecule has 0 amide bonds. The summed E-state index contributed by atoms with van der Waals surface area (Å²) in [5.41, 5.74) is 0. The van der Waals surface area contributed by atoms with E-state index in [1.54, 1.807) is 0 Å². The van der Waals surface area contributed by atoms with Crippen molar-refractivity contribution >= 4 is 15.9 Å². The summed E-state index contributed by atoms with van der Waals surface area (Å²) >= 11 is 2.96. The lowest BCUT2D eigenvalue weighted by Crippen LogP contribution is -2.31. The van der Waals surface area contributed by atoms with Crippen molar-refractivity contribution in [1.82, 2.24) is 0 Å². The molecule has 0 N–H and O–H groups in total. The molecular weight excluding hydrogens is 190 g/mol. The molecule has 0 heterocycles. The zero-order chi connectivity index (χ0) is 6.91. The zero-order valence-electron chi connectivity index (χ0n) is 5.04. The Labute approximate surface area is 61.8 Å². The molecule has 3 heteroatoms. The van der Waals surface area contributed by atoms with E-state index < -0.39 is 10.7 Å². The molecule has 1 fully saturated rings. The largest absolute Gasteiger partial charge is 0.260 e. The average molecular weight is 199 g/mol. The van der Waals surface area contributed by atoms with Crippen LogP contribution in [0.4, 0.5) is 8.78 Å². The second-order valence-electron chi connectivity index (χ2n) is 2.47. The molecule has 1 saturated carbocycles. The summed E-state index contributed by atoms with van der Waals surface area (Å²) in [7, 11) is 0. The lowest BCUT2D eigenvalue weighted by Gasteiger charge is -2.26. The zero-order valence-corrected chi connectivity index (χ0v) is 6.63. The molecule has 0 aromatic heterocycles. The highest BCUT2D eigenvalue weighted by Crippen LogP contribution is 2.37. The Morgan fingerprint density at radius 1 is 1.33 bits per heavy atom. The van der Waals surface area contributed by atoms with Gasteiger partial charge in [-0.2, -0.15) is 0 Å². The highest BCUT2D eigenvalue weighted by Gasteiger charge is 2.39. The monoisotopic (exact) mass is 198 g/mol. The minimum atomic E-state index is -2.45. The summed E-state index contributed by atoms with van der Waals surface area (Å²) < 4.78 is 25.1. The summed E-state index contributed by atoms with van der Waals surface area (Å²) in [4.78, 5) is -0.571. The molecular formula is C6H9BrF2. The Bertz CT molecular complexity index is 103. The van der Waals surface area contributed by atoms with Gasteiger partial charge in [-0.05, 0) is 12.8 Å². The third kappa shape index (κ3) is 1.63. The predicted molar refractivity (Wildman–Crippen MR) is 36.1 cm³/mol. The lowest BCUT2D eigenvalue weighted by atomic mass is 9.97. The molecule has 1 rings (SSSR count). The van der Waals surface area contributed by atoms with Gasteiger partial charge in [0.1, 0.15) is 0 Å². The van der Waals surface area contributed by atoms with Crippen LogP contribution >= 0.6 is 15.9 Å². The Balaban J connectivity index is 2.49. The molecule has 0 radical (unpaired) electrons. The van der Waals surface area contributed by atoms with Crippen LogP contribution in [0, 0.1) is 0 Å². The standard InChI is InChI=1S/C6H9BrF2/c7-5-3-1-2-4-6(5,8)9/h5H,1-4H2. The highest BCUT2D eigenvalue weighted by atomic mass is 79.9. The maximum atomic E-state index is 12.6. The van der Waals surface area contributed by atoms with E-state index in [0.29, 0.717) is 12.8 Å². The SMILES string of the molecule is FC1(F)CCCCC1Br. The Morgan fingerprint density at radius 2 is 2.00 bits per heavy atom. The fraction of sp³-hybridized carbons (Fsp3) is 1.00. The molecule has 0 aromatic rings. The minimum Gasteiger partial charge on any atom is -0.206 e. The van der Waals surface area contributed by atoms with Crippen LogP contribution in [0.3, 0.4) is 0 Å². The minimum absolute atomic E-state index is 0.0584. The molecule has 1 aliphatic carbocycles. The predicted octanol–water partition coefficient (Wildman–Crippen LogP) is 2.96. The van der Waals surface area contributed by atoms with Gasteiger partial charge in [-0.25, -0.2) is 8.78 Å². The quantitative estimate of drug-likeness (QED) is 0.526. The number of rotatable bonds is 0. The van der Waals surface area contributed by atoms with Crippen LogP contribution in [0.15, 0.2) is 0 Å². The number of halogens is 3. The van der Waals surface area contributed by atoms with Crippen molar-refractivity contribution < 1.29 is 8.78 Å². The van der Waals surface area contributed by atoms with Gasteiger partial charge in [0.2, 0.25) is 0 Å². The molecule has 1 aliphatic rings. The van der Waals surface area contributed by atoms with Gasteiger partial charge in [-0.15, -0.1) is 0 Å². The van der Waals surface area contributed by atoms with E-state index in [0.717, 1.165) is 6.42 Å². The van der Waals surface area contributed by atoms with Crippen LogP contribution < -0.4 is 0 Å². The van der Waals surface area contributed by atoms with Crippen LogP contribution in [-0.2, 0) is 0 Å². The Morgan fingerprint density at radius 3 is 2.33 bits per heavy atom. The van der Waals surface area contributed by atoms with Crippen LogP contribution in [0.5, 0.6) is 0 Å². The maximum Gasteiger partial charge on any atom is 0.260 e. The molecule has 0 aromatic carbocycles. The molecule has 1 atom stereocenters. The van der Waals surface area contributed by atoms with E-state index in [-0.39, 0.29) is 6.42 Å². The fourth-order valence-electron chi connectivity index (χ4n) is 1.05. The Kier molecular flexibility index (Phi) is 2.09. The first-order valence-electron chi connectivity index (χ1n) is 3.15. The maximum absolute atomic E-state index is 12.6. The fourth-order valence-corrected chi connectivity index (χ4v) is 1.60. The van der Waals surface area contributed by atoms with E-state index in [2.05, 4.69) is 15.9 Å². The smallest absolute Gasteiger partial charge is 0.206 e. The van der Waals surface area contributed by atoms with Gasteiger partial charge in [0.15, 0.2) is 0 Å². The van der Waals surface area contributed by atoms with E-state index >= 15 is 0 Å². The normalized spacial score (nSPS) is 34.3. The van der Waals surface area contributed by atoms with Crippen LogP contribution in [0.25, 0.3) is 0 Å². The van der Waals surface area contributed by atoms with E-state index in [4.69, 9.17) is 0 Å². The van der Waals surface area contributed by atoms with Gasteiger partial charge in [0, 0.05) is 6.42 Å². The van der Waals surface area contributed by atoms with E-state index in [9.17, 15) is 8.78 Å². The second kappa shape index (κ2) is 2.52. The van der Waals surface area contributed by atoms with Crippen LogP contribution in [-0.4, -0.2) is 10.7 Å². The first kappa shape index (κ1) is 7.45. The van der Waals surface area contributed by atoms with Crippen molar-refractivity contribution in [2.24, 2.45) is 0 Å². The van der Waals surface area contributed by atoms with Crippen molar-refractivity contribution in [2.75, 3.05) is 0 Å². The third-order valence-corrected chi connectivity index (χ3v) is 2.80. The summed E-state index contributed by atoms with van der Waals surface area (Å²) in [5.74, 6) is -2.45. The summed E-state index contributed by atoms with van der Waals surface area (Å²) in [6.45, 7) is 0. The summed E-state index contributed by atoms with van der Waals surface area (Å²) in [6, 6.07) is 0. The third-order valence-electron chi connectivity index (χ3n) is 1.68. The van der Waals surface area contributed by atoms with Gasteiger partial charge in [-0.1, -0.05) is 22.4 Å². The second-order valence-corrected chi connectivity index (χ2v) is 3.58. The van der Waals surface area contributed by atoms with Crippen molar-refractivity contribution in [3.8, 4) is 0 Å². The van der Waals surface area contributed by atoms with Gasteiger partial charge in [0.05, 0.1) is 4.83 Å². The van der Waals surface area contributed by atoms with Gasteiger partial charge >= 0.3 is 0 Å². The molecule has 0 aliphatic heterocycles. The highest BCUT2D eigenvalue weighted by molar-refractivity contribution is 9.09. The van der Waals surface area contributed by atoms with Crippen LogP contribution in [0.1, 0.15) is 25.7 Å². The molecule has 9 heavy (non-hydrogen) atoms. The summed E-state index contributed by atoms with van der Waals surface area (Å²) in [6.07, 6.45) is 2.29.